The van der Waals surface area contributed by atoms with Crippen molar-refractivity contribution in [1.82, 2.24) is 9.80 Å². The molecule has 8 heteroatoms. The Bertz CT molecular complexity index is 744. The third kappa shape index (κ3) is 2.75. The third-order valence-corrected chi connectivity index (χ3v) is 5.45. The van der Waals surface area contributed by atoms with Crippen molar-refractivity contribution in [2.75, 3.05) is 20.1 Å². The summed E-state index contributed by atoms with van der Waals surface area (Å²) in [6, 6.07) is 2.77. The van der Waals surface area contributed by atoms with Crippen molar-refractivity contribution in [1.29, 1.82) is 0 Å². The maximum absolute atomic E-state index is 13.8. The summed E-state index contributed by atoms with van der Waals surface area (Å²) in [6.45, 7) is 0.411. The van der Waals surface area contributed by atoms with Gasteiger partial charge >= 0.3 is 5.97 Å². The molecule has 0 radical (unpaired) electrons. The molecule has 1 aromatic carbocycles. The highest BCUT2D eigenvalue weighted by Gasteiger charge is 2.55. The van der Waals surface area contributed by atoms with E-state index < -0.39 is 35.0 Å². The van der Waals surface area contributed by atoms with E-state index in [0.717, 1.165) is 12.1 Å². The Hall–Kier alpha value is -2.51. The highest BCUT2D eigenvalue weighted by molar-refractivity contribution is 5.94. The lowest BCUT2D eigenvalue weighted by atomic mass is 9.77. The quantitative estimate of drug-likeness (QED) is 0.875. The van der Waals surface area contributed by atoms with Crippen LogP contribution in [-0.4, -0.2) is 58.4 Å². The van der Waals surface area contributed by atoms with Gasteiger partial charge in [0.25, 0.3) is 5.91 Å². The van der Waals surface area contributed by atoms with E-state index in [-0.39, 0.29) is 31.0 Å². The van der Waals surface area contributed by atoms with Crippen molar-refractivity contribution in [3.8, 4) is 0 Å². The summed E-state index contributed by atoms with van der Waals surface area (Å²) in [5.74, 6) is -4.32. The number of halogens is 2. The lowest BCUT2D eigenvalue weighted by molar-refractivity contribution is -0.145. The van der Waals surface area contributed by atoms with Gasteiger partial charge in [-0.1, -0.05) is 0 Å². The molecule has 2 fully saturated rings. The predicted molar refractivity (Wildman–Crippen MR) is 82.7 cm³/mol. The second-order valence-electron chi connectivity index (χ2n) is 6.57. The minimum atomic E-state index is -1.03. The van der Waals surface area contributed by atoms with E-state index in [9.17, 15) is 28.3 Å². The third-order valence-electron chi connectivity index (χ3n) is 5.45. The number of piperidine rings is 1. The molecule has 1 atom stereocenters. The minimum Gasteiger partial charge on any atom is -0.481 e. The van der Waals surface area contributed by atoms with Gasteiger partial charge in [0.2, 0.25) is 5.91 Å². The minimum absolute atomic E-state index is 0.0492. The molecule has 3 rings (SSSR count). The van der Waals surface area contributed by atoms with Crippen LogP contribution in [0.3, 0.4) is 0 Å². The Labute approximate surface area is 143 Å². The molecular formula is C17H18F2N2O4. The molecular weight excluding hydrogens is 334 g/mol. The Morgan fingerprint density at radius 3 is 2.44 bits per heavy atom. The first-order chi connectivity index (χ1) is 11.8. The average molecular weight is 352 g/mol. The lowest BCUT2D eigenvalue weighted by Crippen LogP contribution is -2.57. The standard InChI is InChI=1S/C17H18F2N2O4/c1-20-14(22)9-12(16(24)25)17(20)4-6-21(7-5-17)15(23)11-3-2-10(18)8-13(11)19/h2-3,8,12H,4-7,9H2,1H3,(H,24,25)/t12-/m0/s1. The van der Waals surface area contributed by atoms with Gasteiger partial charge in [0, 0.05) is 32.6 Å². The zero-order valence-corrected chi connectivity index (χ0v) is 13.7. The van der Waals surface area contributed by atoms with Gasteiger partial charge in [-0.15, -0.1) is 0 Å². The number of carboxylic acids is 1. The monoisotopic (exact) mass is 352 g/mol. The van der Waals surface area contributed by atoms with E-state index in [0.29, 0.717) is 18.9 Å². The number of carbonyl (C=O) groups is 3. The molecule has 1 aromatic rings. The van der Waals surface area contributed by atoms with Crippen molar-refractivity contribution in [3.63, 3.8) is 0 Å². The number of amides is 2. The van der Waals surface area contributed by atoms with E-state index in [4.69, 9.17) is 0 Å². The average Bonchev–Trinajstić information content (AvgIpc) is 2.80. The molecule has 2 heterocycles. The van der Waals surface area contributed by atoms with Gasteiger partial charge in [-0.05, 0) is 25.0 Å². The topological polar surface area (TPSA) is 77.9 Å². The lowest BCUT2D eigenvalue weighted by Gasteiger charge is -2.45. The smallest absolute Gasteiger partial charge is 0.309 e. The molecule has 1 N–H and O–H groups in total. The Kier molecular flexibility index (Phi) is 4.22. The van der Waals surface area contributed by atoms with Crippen LogP contribution in [0.15, 0.2) is 18.2 Å². The van der Waals surface area contributed by atoms with Gasteiger partial charge < -0.3 is 14.9 Å². The molecule has 2 aliphatic heterocycles. The van der Waals surface area contributed by atoms with Crippen LogP contribution in [0, 0.1) is 17.6 Å². The van der Waals surface area contributed by atoms with Crippen LogP contribution in [0.25, 0.3) is 0 Å². The van der Waals surface area contributed by atoms with Crippen molar-refractivity contribution < 1.29 is 28.3 Å². The van der Waals surface area contributed by atoms with Crippen LogP contribution < -0.4 is 0 Å². The molecule has 134 valence electrons. The number of aliphatic carboxylic acids is 1. The number of nitrogens with zero attached hydrogens (tertiary/aromatic N) is 2. The first kappa shape index (κ1) is 17.3. The fourth-order valence-electron chi connectivity index (χ4n) is 3.91. The van der Waals surface area contributed by atoms with Gasteiger partial charge in [0.1, 0.15) is 11.6 Å². The fraction of sp³-hybridized carbons (Fsp3) is 0.471. The van der Waals surface area contributed by atoms with E-state index in [2.05, 4.69) is 0 Å². The molecule has 2 aliphatic rings. The number of hydrogen-bond donors (Lipinski definition) is 1. The largest absolute Gasteiger partial charge is 0.481 e. The first-order valence-corrected chi connectivity index (χ1v) is 8.00. The Morgan fingerprint density at radius 1 is 1.24 bits per heavy atom. The summed E-state index contributed by atoms with van der Waals surface area (Å²) in [6.07, 6.45) is 0.563. The summed E-state index contributed by atoms with van der Waals surface area (Å²) in [4.78, 5) is 38.9. The highest BCUT2D eigenvalue weighted by Crippen LogP contribution is 2.43. The first-order valence-electron chi connectivity index (χ1n) is 8.00. The second-order valence-corrected chi connectivity index (χ2v) is 6.57. The van der Waals surface area contributed by atoms with E-state index in [1.807, 2.05) is 0 Å². The van der Waals surface area contributed by atoms with Crippen LogP contribution in [0.5, 0.6) is 0 Å². The zero-order valence-electron chi connectivity index (χ0n) is 13.7. The second kappa shape index (κ2) is 6.09. The summed E-state index contributed by atoms with van der Waals surface area (Å²) >= 11 is 0. The summed E-state index contributed by atoms with van der Waals surface area (Å²) in [7, 11) is 1.59. The van der Waals surface area contributed by atoms with Crippen LogP contribution in [0.4, 0.5) is 8.78 Å². The number of likely N-dealkylation sites (tertiary alicyclic amines) is 2. The van der Waals surface area contributed by atoms with Gasteiger partial charge in [0.15, 0.2) is 0 Å². The maximum Gasteiger partial charge on any atom is 0.309 e. The SMILES string of the molecule is CN1C(=O)C[C@@H](C(=O)O)C12CCN(C(=O)c1ccc(F)cc1F)CC2. The van der Waals surface area contributed by atoms with Gasteiger partial charge in [-0.2, -0.15) is 0 Å². The molecule has 6 nitrogen and oxygen atoms in total. The molecule has 1 spiro atoms. The molecule has 0 bridgehead atoms. The molecule has 0 unspecified atom stereocenters. The van der Waals surface area contributed by atoms with E-state index in [1.165, 1.54) is 9.80 Å². The maximum atomic E-state index is 13.8. The number of carbonyl (C=O) groups excluding carboxylic acids is 2. The van der Waals surface area contributed by atoms with Crippen LogP contribution in [0.2, 0.25) is 0 Å². The number of carboxylic acid groups (broad SMARTS) is 1. The van der Waals surface area contributed by atoms with Crippen LogP contribution >= 0.6 is 0 Å². The molecule has 25 heavy (non-hydrogen) atoms. The summed E-state index contributed by atoms with van der Waals surface area (Å²) in [5, 5.41) is 9.44. The van der Waals surface area contributed by atoms with Crippen molar-refractivity contribution >= 4 is 17.8 Å². The molecule has 0 saturated carbocycles. The predicted octanol–water partition coefficient (Wildman–Crippen LogP) is 1.50. The van der Waals surface area contributed by atoms with Crippen molar-refractivity contribution in [3.05, 3.63) is 35.4 Å². The van der Waals surface area contributed by atoms with Gasteiger partial charge in [-0.25, -0.2) is 8.78 Å². The number of benzene rings is 1. The Morgan fingerprint density at radius 2 is 1.88 bits per heavy atom. The molecule has 0 aromatic heterocycles. The summed E-state index contributed by atoms with van der Waals surface area (Å²) in [5.41, 5.74) is -1.04. The summed E-state index contributed by atoms with van der Waals surface area (Å²) < 4.78 is 26.8. The highest BCUT2D eigenvalue weighted by atomic mass is 19.1. The van der Waals surface area contributed by atoms with Crippen LogP contribution in [0.1, 0.15) is 29.6 Å². The van der Waals surface area contributed by atoms with Gasteiger partial charge in [-0.3, -0.25) is 14.4 Å². The zero-order chi connectivity index (χ0) is 18.4. The molecule has 2 saturated heterocycles. The number of hydrogen-bond acceptors (Lipinski definition) is 3. The van der Waals surface area contributed by atoms with Crippen molar-refractivity contribution in [2.45, 2.75) is 24.8 Å². The number of rotatable bonds is 2. The molecule has 0 aliphatic carbocycles. The van der Waals surface area contributed by atoms with E-state index >= 15 is 0 Å². The van der Waals surface area contributed by atoms with Gasteiger partial charge in [0.05, 0.1) is 17.0 Å². The van der Waals surface area contributed by atoms with Crippen molar-refractivity contribution in [2.24, 2.45) is 5.92 Å². The van der Waals surface area contributed by atoms with E-state index in [1.54, 1.807) is 7.05 Å². The molecule has 2 amide bonds. The van der Waals surface area contributed by atoms with Crippen LogP contribution in [-0.2, 0) is 9.59 Å². The normalized spacial score (nSPS) is 22.5. The fourth-order valence-corrected chi connectivity index (χ4v) is 3.91. The Balaban J connectivity index is 1.78.